The molecule has 0 N–H and O–H groups in total. The maximum Gasteiger partial charge on any atom is 0.476 e. The Hall–Kier alpha value is 0.267. The van der Waals surface area contributed by atoms with Crippen molar-refractivity contribution in [3.05, 3.63) is 0 Å². The third kappa shape index (κ3) is 3.45. The monoisotopic (exact) mass is 201 g/mol. The largest absolute Gasteiger partial charge is 0.476 e. The van der Waals surface area contributed by atoms with Crippen LogP contribution < -0.4 is 0 Å². The first-order chi connectivity index (χ1) is 4.69. The summed E-state index contributed by atoms with van der Waals surface area (Å²) >= 11 is 0. The fourth-order valence-electron chi connectivity index (χ4n) is 0.988. The van der Waals surface area contributed by atoms with Gasteiger partial charge < -0.3 is 0 Å². The molecule has 0 rings (SSSR count). The van der Waals surface area contributed by atoms with Gasteiger partial charge in [0.1, 0.15) is 8.24 Å². The van der Waals surface area contributed by atoms with E-state index in [0.29, 0.717) is 0 Å². The fourth-order valence-corrected chi connectivity index (χ4v) is 5.06. The highest BCUT2D eigenvalue weighted by Gasteiger charge is 2.38. The molecule has 0 aliphatic rings. The lowest BCUT2D eigenvalue weighted by Gasteiger charge is -2.30. The molecule has 0 aromatic carbocycles. The van der Waals surface area contributed by atoms with Crippen LogP contribution in [-0.4, -0.2) is 19.1 Å². The molecule has 0 atom stereocenters. The molecule has 0 amide bonds. The number of hydrogen-bond donors (Lipinski definition) is 0. The van der Waals surface area contributed by atoms with E-state index >= 15 is 0 Å². The molecule has 0 spiro atoms. The highest BCUT2D eigenvalue weighted by Crippen LogP contribution is 2.55. The van der Waals surface area contributed by atoms with Gasteiger partial charge in [-0.1, -0.05) is 26.6 Å². The summed E-state index contributed by atoms with van der Waals surface area (Å²) in [5, 5.41) is 0. The Balaban J connectivity index is 4.57. The molecule has 0 radical (unpaired) electrons. The van der Waals surface area contributed by atoms with Gasteiger partial charge in [0, 0.05) is 0 Å². The predicted octanol–water partition coefficient (Wildman–Crippen LogP) is 3.19. The maximum atomic E-state index is 12.4. The summed E-state index contributed by atoms with van der Waals surface area (Å²) in [6.07, 6.45) is 0. The van der Waals surface area contributed by atoms with Gasteiger partial charge in [0.25, 0.3) is 0 Å². The summed E-state index contributed by atoms with van der Waals surface area (Å²) in [6.45, 7) is 7.02. The SMILES string of the molecule is CCN([Si](C)(C)C)P(=O)(F)F. The van der Waals surface area contributed by atoms with Gasteiger partial charge in [-0.25, -0.2) is 8.90 Å². The summed E-state index contributed by atoms with van der Waals surface area (Å²) in [4.78, 5) is 0. The molecule has 11 heavy (non-hydrogen) atoms. The van der Waals surface area contributed by atoms with Gasteiger partial charge in [-0.3, -0.25) is 0 Å². The average molecular weight is 201 g/mol. The lowest BCUT2D eigenvalue weighted by molar-refractivity contribution is 0.430. The van der Waals surface area contributed by atoms with E-state index < -0.39 is 16.1 Å². The topological polar surface area (TPSA) is 20.3 Å². The molecule has 0 heterocycles. The molecule has 0 unspecified atom stereocenters. The summed E-state index contributed by atoms with van der Waals surface area (Å²) in [7, 11) is -7.10. The highest BCUT2D eigenvalue weighted by atomic mass is 31.2. The molecule has 0 aliphatic heterocycles. The van der Waals surface area contributed by atoms with E-state index in [4.69, 9.17) is 0 Å². The van der Waals surface area contributed by atoms with Crippen molar-refractivity contribution in [2.45, 2.75) is 26.6 Å². The molecule has 0 aromatic heterocycles. The lowest BCUT2D eigenvalue weighted by atomic mass is 10.8. The van der Waals surface area contributed by atoms with E-state index in [2.05, 4.69) is 0 Å². The zero-order chi connectivity index (χ0) is 9.28. The Bertz CT molecular complexity index is 176. The molecular weight excluding hydrogens is 187 g/mol. The van der Waals surface area contributed by atoms with Crippen LogP contribution in [0.2, 0.25) is 19.6 Å². The smallest absolute Gasteiger partial charge is 0.232 e. The summed E-state index contributed by atoms with van der Waals surface area (Å²) < 4.78 is 36.1. The normalized spacial score (nSPS) is 14.1. The van der Waals surface area contributed by atoms with Crippen molar-refractivity contribution in [2.24, 2.45) is 0 Å². The molecular formula is C5H14F2NOPSi. The van der Waals surface area contributed by atoms with Crippen LogP contribution in [0.3, 0.4) is 0 Å². The Morgan fingerprint density at radius 2 is 1.73 bits per heavy atom. The Labute approximate surface area is 67.3 Å². The average Bonchev–Trinajstić information content (AvgIpc) is 1.56. The van der Waals surface area contributed by atoms with Crippen molar-refractivity contribution < 1.29 is 13.0 Å². The number of rotatable bonds is 3. The van der Waals surface area contributed by atoms with E-state index in [9.17, 15) is 13.0 Å². The van der Waals surface area contributed by atoms with Crippen molar-refractivity contribution in [3.8, 4) is 0 Å². The van der Waals surface area contributed by atoms with Gasteiger partial charge >= 0.3 is 7.91 Å². The molecule has 6 heteroatoms. The van der Waals surface area contributed by atoms with Gasteiger partial charge in [-0.05, 0) is 6.54 Å². The third-order valence-electron chi connectivity index (χ3n) is 1.35. The van der Waals surface area contributed by atoms with Crippen LogP contribution in [0.25, 0.3) is 0 Å². The van der Waals surface area contributed by atoms with E-state index in [-0.39, 0.29) is 6.54 Å². The standard InChI is InChI=1S/C5H14F2NOPSi/c1-5-8(10(6,7)9)11(2,3)4/h5H2,1-4H3. The summed E-state index contributed by atoms with van der Waals surface area (Å²) in [5.41, 5.74) is 0. The minimum Gasteiger partial charge on any atom is -0.232 e. The van der Waals surface area contributed by atoms with E-state index in [0.717, 1.165) is 4.34 Å². The molecule has 0 aromatic rings. The zero-order valence-electron chi connectivity index (χ0n) is 7.27. The van der Waals surface area contributed by atoms with Gasteiger partial charge in [-0.15, -0.1) is 8.39 Å². The van der Waals surface area contributed by atoms with Crippen molar-refractivity contribution in [1.29, 1.82) is 0 Å². The Morgan fingerprint density at radius 1 is 1.36 bits per heavy atom. The van der Waals surface area contributed by atoms with Crippen molar-refractivity contribution in [3.63, 3.8) is 0 Å². The second kappa shape index (κ2) is 3.33. The second-order valence-corrected chi connectivity index (χ2v) is 9.93. The predicted molar refractivity (Wildman–Crippen MR) is 45.5 cm³/mol. The van der Waals surface area contributed by atoms with Crippen LogP contribution in [0, 0.1) is 0 Å². The second-order valence-electron chi connectivity index (χ2n) is 3.32. The summed E-state index contributed by atoms with van der Waals surface area (Å²) in [6, 6.07) is 0. The fraction of sp³-hybridized carbons (Fsp3) is 1.00. The first-order valence-electron chi connectivity index (χ1n) is 3.47. The van der Waals surface area contributed by atoms with E-state index in [1.807, 2.05) is 0 Å². The molecule has 2 nitrogen and oxygen atoms in total. The number of hydrogen-bond acceptors (Lipinski definition) is 1. The first kappa shape index (κ1) is 11.3. The quantitative estimate of drug-likeness (QED) is 0.516. The van der Waals surface area contributed by atoms with Crippen LogP contribution in [0.4, 0.5) is 8.39 Å². The van der Waals surface area contributed by atoms with Gasteiger partial charge in [0.15, 0.2) is 0 Å². The molecule has 0 saturated carbocycles. The lowest BCUT2D eigenvalue weighted by Crippen LogP contribution is -2.41. The van der Waals surface area contributed by atoms with Crippen LogP contribution in [0.15, 0.2) is 0 Å². The van der Waals surface area contributed by atoms with Crippen LogP contribution in [-0.2, 0) is 4.57 Å². The number of nitrogens with zero attached hydrogens (tertiary/aromatic N) is 1. The maximum absolute atomic E-state index is 12.4. The van der Waals surface area contributed by atoms with Crippen LogP contribution in [0.1, 0.15) is 6.92 Å². The molecule has 68 valence electrons. The van der Waals surface area contributed by atoms with Crippen molar-refractivity contribution in [2.75, 3.05) is 6.54 Å². The van der Waals surface area contributed by atoms with Crippen molar-refractivity contribution >= 4 is 16.1 Å². The molecule has 0 bridgehead atoms. The molecule has 0 fully saturated rings. The first-order valence-corrected chi connectivity index (χ1v) is 8.36. The molecule has 0 saturated heterocycles. The minimum absolute atomic E-state index is 0.167. The number of halogens is 2. The highest BCUT2D eigenvalue weighted by molar-refractivity contribution is 7.52. The van der Waals surface area contributed by atoms with Crippen molar-refractivity contribution in [1.82, 2.24) is 4.34 Å². The minimum atomic E-state index is -5.00. The van der Waals surface area contributed by atoms with E-state index in [1.165, 1.54) is 0 Å². The van der Waals surface area contributed by atoms with Gasteiger partial charge in [0.2, 0.25) is 0 Å². The third-order valence-corrected chi connectivity index (χ3v) is 6.56. The van der Waals surface area contributed by atoms with Crippen LogP contribution in [0.5, 0.6) is 0 Å². The van der Waals surface area contributed by atoms with Gasteiger partial charge in [0.05, 0.1) is 0 Å². The zero-order valence-corrected chi connectivity index (χ0v) is 9.16. The van der Waals surface area contributed by atoms with Gasteiger partial charge in [-0.2, -0.15) is 0 Å². The van der Waals surface area contributed by atoms with E-state index in [1.54, 1.807) is 26.6 Å². The molecule has 0 aliphatic carbocycles. The Morgan fingerprint density at radius 3 is 1.73 bits per heavy atom. The van der Waals surface area contributed by atoms with Crippen LogP contribution >= 0.6 is 7.91 Å². The Kier molecular flexibility index (Phi) is 3.41. The summed E-state index contributed by atoms with van der Waals surface area (Å²) in [5.74, 6) is 0.